The number of allylic oxidation sites excluding steroid dienone is 1. The predicted molar refractivity (Wildman–Crippen MR) is 267 cm³/mol. The second-order valence-electron chi connectivity index (χ2n) is 16.5. The van der Waals surface area contributed by atoms with Crippen molar-refractivity contribution in [3.8, 4) is 56.4 Å². The number of rotatable bonds is 8. The van der Waals surface area contributed by atoms with Gasteiger partial charge in [0.05, 0.1) is 11.4 Å². The number of aliphatic imine (C=N–C) groups is 2. The van der Waals surface area contributed by atoms with Crippen LogP contribution >= 0.6 is 0 Å². The number of aromatic nitrogens is 3. The quantitative estimate of drug-likeness (QED) is 0.153. The van der Waals surface area contributed by atoms with Crippen LogP contribution in [0.2, 0.25) is 0 Å². The molecular formula is C59H43N5O. The second-order valence-corrected chi connectivity index (χ2v) is 16.5. The van der Waals surface area contributed by atoms with E-state index in [-0.39, 0.29) is 0 Å². The molecule has 8 aromatic carbocycles. The van der Waals surface area contributed by atoms with Crippen LogP contribution in [0.5, 0.6) is 0 Å². The summed E-state index contributed by atoms with van der Waals surface area (Å²) in [6, 6.07) is 68.9. The maximum Gasteiger partial charge on any atom is 0.164 e. The molecule has 3 heterocycles. The third kappa shape index (κ3) is 7.87. The summed E-state index contributed by atoms with van der Waals surface area (Å²) in [4.78, 5) is 26.0. The maximum atomic E-state index is 6.52. The zero-order valence-electron chi connectivity index (χ0n) is 36.1. The number of benzene rings is 8. The van der Waals surface area contributed by atoms with Gasteiger partial charge in [-0.3, -0.25) is 0 Å². The molecule has 2 aromatic heterocycles. The van der Waals surface area contributed by atoms with E-state index in [9.17, 15) is 0 Å². The van der Waals surface area contributed by atoms with Crippen LogP contribution in [0.25, 0.3) is 84.1 Å². The molecule has 0 amide bonds. The monoisotopic (exact) mass is 837 g/mol. The highest BCUT2D eigenvalue weighted by Gasteiger charge is 2.21. The molecule has 11 rings (SSSR count). The molecule has 0 bridgehead atoms. The number of furan rings is 1. The standard InChI is InChI=1S/C59H43N5O/c1-38-17-16-24-45(35-38)52-32-29-39(2)55(40-18-6-3-7-19-40)61-58(60-52)48-27-14-12-25-46(48)43-30-33-53-50(36-43)51-37-44(31-34-54(51)65-53)47-26-13-15-28-49(47)59-63-56(41-20-8-4-9-21-41)62-57(64-59)42-22-10-5-11-23-42/h3-28,30-31,33-37H,29,32H2,1-2H3/b55-39-,60-52?,61-58?. The third-order valence-electron chi connectivity index (χ3n) is 12.1. The molecule has 0 spiro atoms. The van der Waals surface area contributed by atoms with E-state index >= 15 is 0 Å². The van der Waals surface area contributed by atoms with Gasteiger partial charge < -0.3 is 4.42 Å². The van der Waals surface area contributed by atoms with E-state index in [2.05, 4.69) is 141 Å². The normalized spacial score (nSPS) is 14.2. The summed E-state index contributed by atoms with van der Waals surface area (Å²) in [5, 5.41) is 2.04. The van der Waals surface area contributed by atoms with Crippen LogP contribution in [-0.2, 0) is 0 Å². The van der Waals surface area contributed by atoms with Crippen molar-refractivity contribution in [2.45, 2.75) is 26.7 Å². The Labute approximate surface area is 378 Å². The zero-order valence-corrected chi connectivity index (χ0v) is 36.1. The molecule has 0 saturated carbocycles. The number of nitrogens with zero attached hydrogens (tertiary/aromatic N) is 5. The van der Waals surface area contributed by atoms with E-state index < -0.39 is 0 Å². The van der Waals surface area contributed by atoms with Crippen LogP contribution in [0, 0.1) is 6.92 Å². The summed E-state index contributed by atoms with van der Waals surface area (Å²) in [5.41, 5.74) is 16.1. The van der Waals surface area contributed by atoms with Crippen LogP contribution in [0.4, 0.5) is 0 Å². The Kier molecular flexibility index (Phi) is 10.4. The van der Waals surface area contributed by atoms with Crippen molar-refractivity contribution in [3.63, 3.8) is 0 Å². The van der Waals surface area contributed by atoms with E-state index in [1.165, 1.54) is 11.1 Å². The van der Waals surface area contributed by atoms with Crippen LogP contribution in [-0.4, -0.2) is 26.5 Å². The van der Waals surface area contributed by atoms with Crippen LogP contribution < -0.4 is 0 Å². The molecule has 6 nitrogen and oxygen atoms in total. The average molecular weight is 838 g/mol. The Morgan fingerprint density at radius 2 is 0.862 bits per heavy atom. The van der Waals surface area contributed by atoms with E-state index in [0.717, 1.165) is 102 Å². The molecule has 0 fully saturated rings. The molecule has 1 aliphatic heterocycles. The van der Waals surface area contributed by atoms with Gasteiger partial charge in [0.1, 0.15) is 11.2 Å². The van der Waals surface area contributed by atoms with Crippen LogP contribution in [0.15, 0.2) is 220 Å². The zero-order chi connectivity index (χ0) is 43.7. The number of aryl methyl sites for hydroxylation is 1. The maximum absolute atomic E-state index is 6.52. The molecule has 0 atom stereocenters. The first-order valence-corrected chi connectivity index (χ1v) is 22.0. The first-order chi connectivity index (χ1) is 32.0. The van der Waals surface area contributed by atoms with Gasteiger partial charge in [-0.1, -0.05) is 181 Å². The largest absolute Gasteiger partial charge is 0.456 e. The topological polar surface area (TPSA) is 76.5 Å². The summed E-state index contributed by atoms with van der Waals surface area (Å²) in [5.74, 6) is 2.54. The molecule has 10 aromatic rings. The van der Waals surface area contributed by atoms with Crippen molar-refractivity contribution >= 4 is 39.2 Å². The van der Waals surface area contributed by atoms with Gasteiger partial charge in [-0.05, 0) is 84.3 Å². The van der Waals surface area contributed by atoms with Gasteiger partial charge in [0.25, 0.3) is 0 Å². The Hall–Kier alpha value is -8.35. The fraction of sp³-hybridized carbons (Fsp3) is 0.0678. The molecule has 0 N–H and O–H groups in total. The van der Waals surface area contributed by atoms with Crippen LogP contribution in [0.1, 0.15) is 42.0 Å². The van der Waals surface area contributed by atoms with Crippen molar-refractivity contribution in [2.75, 3.05) is 0 Å². The fourth-order valence-corrected chi connectivity index (χ4v) is 8.80. The van der Waals surface area contributed by atoms with Gasteiger partial charge in [0, 0.05) is 38.6 Å². The lowest BCUT2D eigenvalue weighted by Gasteiger charge is -2.18. The molecule has 6 heteroatoms. The Morgan fingerprint density at radius 3 is 1.45 bits per heavy atom. The van der Waals surface area contributed by atoms with Gasteiger partial charge in [0.2, 0.25) is 0 Å². The molecule has 0 saturated heterocycles. The first kappa shape index (κ1) is 39.5. The number of hydrogen-bond acceptors (Lipinski definition) is 6. The highest BCUT2D eigenvalue weighted by Crippen LogP contribution is 2.39. The lowest BCUT2D eigenvalue weighted by atomic mass is 9.94. The molecular weight excluding hydrogens is 795 g/mol. The van der Waals surface area contributed by atoms with Crippen molar-refractivity contribution in [1.82, 2.24) is 15.0 Å². The Bertz CT molecular complexity index is 3440. The highest BCUT2D eigenvalue weighted by molar-refractivity contribution is 6.17. The summed E-state index contributed by atoms with van der Waals surface area (Å²) >= 11 is 0. The van der Waals surface area contributed by atoms with Crippen molar-refractivity contribution in [1.29, 1.82) is 0 Å². The van der Waals surface area contributed by atoms with Gasteiger partial charge in [-0.25, -0.2) is 24.9 Å². The van der Waals surface area contributed by atoms with Crippen LogP contribution in [0.3, 0.4) is 0 Å². The minimum absolute atomic E-state index is 0.607. The van der Waals surface area contributed by atoms with Gasteiger partial charge in [0.15, 0.2) is 23.3 Å². The van der Waals surface area contributed by atoms with Gasteiger partial charge >= 0.3 is 0 Å². The molecule has 65 heavy (non-hydrogen) atoms. The predicted octanol–water partition coefficient (Wildman–Crippen LogP) is 14.9. The second kappa shape index (κ2) is 17.1. The van der Waals surface area contributed by atoms with E-state index in [1.807, 2.05) is 72.8 Å². The fourth-order valence-electron chi connectivity index (χ4n) is 8.80. The van der Waals surface area contributed by atoms with E-state index in [1.54, 1.807) is 0 Å². The summed E-state index contributed by atoms with van der Waals surface area (Å²) in [6.07, 6.45) is 1.67. The molecule has 1 aliphatic rings. The van der Waals surface area contributed by atoms with Gasteiger partial charge in [-0.2, -0.15) is 0 Å². The van der Waals surface area contributed by atoms with E-state index in [4.69, 9.17) is 29.4 Å². The molecule has 0 radical (unpaired) electrons. The molecule has 310 valence electrons. The lowest BCUT2D eigenvalue weighted by Crippen LogP contribution is -2.11. The lowest BCUT2D eigenvalue weighted by molar-refractivity contribution is 0.669. The number of fused-ring (bicyclic) bond motifs is 3. The van der Waals surface area contributed by atoms with Gasteiger partial charge in [-0.15, -0.1) is 0 Å². The van der Waals surface area contributed by atoms with Crippen molar-refractivity contribution in [3.05, 3.63) is 228 Å². The highest BCUT2D eigenvalue weighted by atomic mass is 16.3. The Balaban J connectivity index is 1.04. The van der Waals surface area contributed by atoms with Crippen molar-refractivity contribution in [2.24, 2.45) is 9.98 Å². The average Bonchev–Trinajstić information content (AvgIpc) is 3.73. The summed E-state index contributed by atoms with van der Waals surface area (Å²) in [6.45, 7) is 4.33. The molecule has 0 unspecified atom stereocenters. The smallest absolute Gasteiger partial charge is 0.164 e. The summed E-state index contributed by atoms with van der Waals surface area (Å²) < 4.78 is 6.52. The summed E-state index contributed by atoms with van der Waals surface area (Å²) in [7, 11) is 0. The SMILES string of the molecule is C/C1=C(\c2ccccc2)N=C(c2ccccc2-c2ccc3oc4ccc(-c5ccccc5-c5nc(-c6ccccc6)nc(-c6ccccc6)n5)cc4c3c2)N=C(c2cccc(C)c2)CC1. The van der Waals surface area contributed by atoms with E-state index in [0.29, 0.717) is 23.3 Å². The van der Waals surface area contributed by atoms with Crippen molar-refractivity contribution < 1.29 is 4.42 Å². The first-order valence-electron chi connectivity index (χ1n) is 22.0. The third-order valence-corrected chi connectivity index (χ3v) is 12.1. The number of amidine groups is 1. The minimum atomic E-state index is 0.607. The molecule has 0 aliphatic carbocycles. The Morgan fingerprint density at radius 1 is 0.369 bits per heavy atom. The number of hydrogen-bond donors (Lipinski definition) is 0. The minimum Gasteiger partial charge on any atom is -0.456 e.